The number of hydrogen-bond acceptors (Lipinski definition) is 2. The average molecular weight is 230 g/mol. The molecule has 0 fully saturated rings. The van der Waals surface area contributed by atoms with Gasteiger partial charge in [-0.25, -0.2) is 0 Å². The second kappa shape index (κ2) is 9.64. The molecule has 16 heavy (non-hydrogen) atoms. The van der Waals surface area contributed by atoms with E-state index in [0.29, 0.717) is 6.42 Å². The van der Waals surface area contributed by atoms with Gasteiger partial charge in [-0.2, -0.15) is 0 Å². The first kappa shape index (κ1) is 15.4. The van der Waals surface area contributed by atoms with Gasteiger partial charge in [0.2, 0.25) is 0 Å². The Morgan fingerprint density at radius 1 is 1.00 bits per heavy atom. The van der Waals surface area contributed by atoms with E-state index in [1.165, 1.54) is 25.7 Å². The van der Waals surface area contributed by atoms with Crippen molar-refractivity contribution in [2.75, 3.05) is 0 Å². The Hall–Kier alpha value is -0.570. The molecule has 0 saturated carbocycles. The van der Waals surface area contributed by atoms with Crippen molar-refractivity contribution in [2.45, 2.75) is 71.3 Å². The summed E-state index contributed by atoms with van der Waals surface area (Å²) >= 11 is 0. The van der Waals surface area contributed by atoms with Gasteiger partial charge in [0.25, 0.3) is 0 Å². The summed E-state index contributed by atoms with van der Waals surface area (Å²) in [7, 11) is 0. The Morgan fingerprint density at radius 3 is 2.00 bits per heavy atom. The Labute approximate surface area is 98.9 Å². The third-order valence-corrected chi connectivity index (χ3v) is 2.73. The van der Waals surface area contributed by atoms with E-state index in [1.807, 2.05) is 0 Å². The van der Waals surface area contributed by atoms with Crippen molar-refractivity contribution in [1.82, 2.24) is 0 Å². The van der Waals surface area contributed by atoms with Gasteiger partial charge in [-0.1, -0.05) is 52.4 Å². The number of carbonyl (C=O) groups is 1. The first-order valence-corrected chi connectivity index (χ1v) is 6.42. The molecule has 96 valence electrons. The van der Waals surface area contributed by atoms with E-state index in [9.17, 15) is 9.90 Å². The van der Waals surface area contributed by atoms with Crippen molar-refractivity contribution in [1.29, 1.82) is 0 Å². The van der Waals surface area contributed by atoms with Crippen LogP contribution in [-0.2, 0) is 4.79 Å². The zero-order chi connectivity index (χ0) is 12.4. The van der Waals surface area contributed by atoms with Gasteiger partial charge >= 0.3 is 5.97 Å². The number of aliphatic hydroxyl groups excluding tert-OH is 1. The zero-order valence-electron chi connectivity index (χ0n) is 10.6. The van der Waals surface area contributed by atoms with Crippen molar-refractivity contribution in [3.63, 3.8) is 0 Å². The molecule has 0 aromatic carbocycles. The van der Waals surface area contributed by atoms with E-state index in [-0.39, 0.29) is 6.42 Å². The molecule has 0 aromatic heterocycles. The summed E-state index contributed by atoms with van der Waals surface area (Å²) in [5.74, 6) is -0.123. The van der Waals surface area contributed by atoms with Gasteiger partial charge < -0.3 is 10.2 Å². The van der Waals surface area contributed by atoms with Crippen LogP contribution in [0.2, 0.25) is 0 Å². The molecule has 3 heteroatoms. The second-order valence-electron chi connectivity index (χ2n) is 4.99. The molecular formula is C13H26O3. The summed E-state index contributed by atoms with van der Waals surface area (Å²) in [6.45, 7) is 4.48. The largest absolute Gasteiger partial charge is 0.481 e. The molecular weight excluding hydrogens is 204 g/mol. The molecule has 2 N–H and O–H groups in total. The smallest absolute Gasteiger partial charge is 0.305 e. The van der Waals surface area contributed by atoms with Crippen LogP contribution in [0.3, 0.4) is 0 Å². The van der Waals surface area contributed by atoms with Gasteiger partial charge in [-0.15, -0.1) is 0 Å². The predicted molar refractivity (Wildman–Crippen MR) is 65.4 cm³/mol. The fraction of sp³-hybridized carbons (Fsp3) is 0.923. The van der Waals surface area contributed by atoms with Crippen LogP contribution in [0.15, 0.2) is 0 Å². The van der Waals surface area contributed by atoms with E-state index < -0.39 is 12.1 Å². The number of aliphatic hydroxyl groups is 1. The van der Waals surface area contributed by atoms with Crippen LogP contribution >= 0.6 is 0 Å². The van der Waals surface area contributed by atoms with E-state index >= 15 is 0 Å². The highest BCUT2D eigenvalue weighted by atomic mass is 16.4. The molecule has 0 heterocycles. The van der Waals surface area contributed by atoms with Crippen LogP contribution in [-0.4, -0.2) is 22.3 Å². The van der Waals surface area contributed by atoms with Crippen LogP contribution in [0.5, 0.6) is 0 Å². The monoisotopic (exact) mass is 230 g/mol. The summed E-state index contributed by atoms with van der Waals surface area (Å²) in [6.07, 6.45) is 6.93. The van der Waals surface area contributed by atoms with Crippen molar-refractivity contribution >= 4 is 5.97 Å². The highest BCUT2D eigenvalue weighted by Crippen LogP contribution is 2.12. The quantitative estimate of drug-likeness (QED) is 0.567. The lowest BCUT2D eigenvalue weighted by Crippen LogP contribution is -2.12. The first-order valence-electron chi connectivity index (χ1n) is 6.42. The number of rotatable bonds is 10. The lowest BCUT2D eigenvalue weighted by atomic mass is 10.0. The summed E-state index contributed by atoms with van der Waals surface area (Å²) < 4.78 is 0. The molecule has 1 atom stereocenters. The van der Waals surface area contributed by atoms with E-state index in [1.54, 1.807) is 0 Å². The van der Waals surface area contributed by atoms with Gasteiger partial charge in [-0.05, 0) is 12.3 Å². The maximum Gasteiger partial charge on any atom is 0.305 e. The number of unbranched alkanes of at least 4 members (excludes halogenated alkanes) is 4. The van der Waals surface area contributed by atoms with E-state index in [4.69, 9.17) is 5.11 Å². The minimum atomic E-state index is -0.913. The molecule has 0 bridgehead atoms. The van der Waals surface area contributed by atoms with Crippen molar-refractivity contribution in [3.05, 3.63) is 0 Å². The molecule has 0 saturated heterocycles. The molecule has 0 aliphatic carbocycles. The predicted octanol–water partition coefficient (Wildman–Crippen LogP) is 3.21. The molecule has 0 aromatic rings. The lowest BCUT2D eigenvalue weighted by Gasteiger charge is -2.07. The fourth-order valence-corrected chi connectivity index (χ4v) is 1.77. The summed E-state index contributed by atoms with van der Waals surface area (Å²) in [5.41, 5.74) is 0. The summed E-state index contributed by atoms with van der Waals surface area (Å²) in [6, 6.07) is 0. The minimum Gasteiger partial charge on any atom is -0.481 e. The van der Waals surface area contributed by atoms with Crippen LogP contribution in [0, 0.1) is 5.92 Å². The number of hydrogen-bond donors (Lipinski definition) is 2. The van der Waals surface area contributed by atoms with E-state index in [2.05, 4.69) is 13.8 Å². The number of carboxylic acids is 1. The Kier molecular flexibility index (Phi) is 9.30. The van der Waals surface area contributed by atoms with Crippen LogP contribution in [0.1, 0.15) is 65.2 Å². The highest BCUT2D eigenvalue weighted by Gasteiger charge is 2.08. The van der Waals surface area contributed by atoms with Crippen LogP contribution in [0.25, 0.3) is 0 Å². The fourth-order valence-electron chi connectivity index (χ4n) is 1.77. The molecule has 1 unspecified atom stereocenters. The van der Waals surface area contributed by atoms with Crippen molar-refractivity contribution in [2.24, 2.45) is 5.92 Å². The zero-order valence-corrected chi connectivity index (χ0v) is 10.6. The third kappa shape index (κ3) is 11.5. The molecule has 0 aliphatic rings. The lowest BCUT2D eigenvalue weighted by molar-refractivity contribution is -0.139. The normalized spacial score (nSPS) is 13.0. The summed E-state index contributed by atoms with van der Waals surface area (Å²) in [5, 5.41) is 17.8. The molecule has 0 radical (unpaired) electrons. The first-order chi connectivity index (χ1) is 7.52. The molecule has 0 aliphatic heterocycles. The molecule has 0 rings (SSSR count). The van der Waals surface area contributed by atoms with Gasteiger partial charge in [0.15, 0.2) is 0 Å². The average Bonchev–Trinajstić information content (AvgIpc) is 2.14. The molecule has 0 spiro atoms. The Balaban J connectivity index is 3.17. The Morgan fingerprint density at radius 2 is 1.50 bits per heavy atom. The highest BCUT2D eigenvalue weighted by molar-refractivity contribution is 5.67. The maximum absolute atomic E-state index is 10.3. The van der Waals surface area contributed by atoms with Gasteiger partial charge in [0, 0.05) is 0 Å². The van der Waals surface area contributed by atoms with Gasteiger partial charge in [0.05, 0.1) is 12.5 Å². The summed E-state index contributed by atoms with van der Waals surface area (Å²) in [4.78, 5) is 10.3. The minimum absolute atomic E-state index is 0.118. The topological polar surface area (TPSA) is 57.5 Å². The van der Waals surface area contributed by atoms with Gasteiger partial charge in [-0.3, -0.25) is 4.79 Å². The van der Waals surface area contributed by atoms with Crippen LogP contribution < -0.4 is 0 Å². The maximum atomic E-state index is 10.3. The second-order valence-corrected chi connectivity index (χ2v) is 4.99. The number of aliphatic carboxylic acids is 1. The molecule has 3 nitrogen and oxygen atoms in total. The standard InChI is InChI=1S/C13H26O3/c1-11(2)8-6-4-3-5-7-9-12(14)10-13(15)16/h11-12,14H,3-10H2,1-2H3,(H,15,16). The SMILES string of the molecule is CC(C)CCCCCCCC(O)CC(=O)O. The van der Waals surface area contributed by atoms with Crippen molar-refractivity contribution < 1.29 is 15.0 Å². The van der Waals surface area contributed by atoms with E-state index in [0.717, 1.165) is 18.8 Å². The van der Waals surface area contributed by atoms with Crippen molar-refractivity contribution in [3.8, 4) is 0 Å². The molecule has 0 amide bonds. The number of carboxylic acid groups (broad SMARTS) is 1. The third-order valence-electron chi connectivity index (χ3n) is 2.73. The van der Waals surface area contributed by atoms with Crippen LogP contribution in [0.4, 0.5) is 0 Å². The Bertz CT molecular complexity index is 178. The van der Waals surface area contributed by atoms with Gasteiger partial charge in [0.1, 0.15) is 0 Å².